The molecule has 0 fully saturated rings. The summed E-state index contributed by atoms with van der Waals surface area (Å²) in [4.78, 5) is 15.8. The average molecular weight is 383 g/mol. The second kappa shape index (κ2) is 8.35. The Morgan fingerprint density at radius 1 is 1.15 bits per heavy atom. The number of nitrogens with zero attached hydrogens (tertiary/aromatic N) is 1. The number of rotatable bonds is 5. The third kappa shape index (κ3) is 4.25. The van der Waals surface area contributed by atoms with Crippen LogP contribution in [0.25, 0.3) is 5.76 Å². The molecule has 0 radical (unpaired) electrons. The Balaban J connectivity index is 2.63. The summed E-state index contributed by atoms with van der Waals surface area (Å²) in [7, 11) is 0. The standard InChI is InChI=1S/C18H13F4NO4/c1-2-27-18(26)10(8-23-12-5-3-4-6-13(12)24)17(25)9-7-11(19)15(21)16(22)14(9)20/h3-8,24-25H,2H2,1H3/b17-10-,23-8?. The van der Waals surface area contributed by atoms with E-state index >= 15 is 0 Å². The highest BCUT2D eigenvalue weighted by Gasteiger charge is 2.25. The summed E-state index contributed by atoms with van der Waals surface area (Å²) in [5.41, 5.74) is -1.87. The lowest BCUT2D eigenvalue weighted by atomic mass is 10.1. The van der Waals surface area contributed by atoms with E-state index in [0.717, 1.165) is 6.21 Å². The number of aliphatic hydroxyl groups excluding tert-OH is 1. The molecule has 0 unspecified atom stereocenters. The minimum Gasteiger partial charge on any atom is -0.506 e. The summed E-state index contributed by atoms with van der Waals surface area (Å²) < 4.78 is 58.5. The molecule has 0 heterocycles. The van der Waals surface area contributed by atoms with Crippen LogP contribution in [0.15, 0.2) is 40.9 Å². The maximum atomic E-state index is 13.9. The second-order valence-corrected chi connectivity index (χ2v) is 5.08. The second-order valence-electron chi connectivity index (χ2n) is 5.08. The Bertz CT molecular complexity index is 941. The Morgan fingerprint density at radius 3 is 2.44 bits per heavy atom. The molecule has 0 saturated heterocycles. The lowest BCUT2D eigenvalue weighted by Gasteiger charge is -2.09. The number of para-hydroxylation sites is 2. The zero-order chi connectivity index (χ0) is 20.1. The van der Waals surface area contributed by atoms with Gasteiger partial charge in [0.05, 0.1) is 12.2 Å². The summed E-state index contributed by atoms with van der Waals surface area (Å²) >= 11 is 0. The molecule has 142 valence electrons. The first-order chi connectivity index (χ1) is 12.8. The van der Waals surface area contributed by atoms with Crippen molar-refractivity contribution in [2.75, 3.05) is 6.61 Å². The minimum atomic E-state index is -2.16. The van der Waals surface area contributed by atoms with Crippen molar-refractivity contribution in [3.05, 3.63) is 64.7 Å². The van der Waals surface area contributed by atoms with Crippen molar-refractivity contribution in [2.24, 2.45) is 4.99 Å². The molecule has 0 aromatic heterocycles. The largest absolute Gasteiger partial charge is 0.506 e. The minimum absolute atomic E-state index is 0.0102. The molecule has 2 N–H and O–H groups in total. The van der Waals surface area contributed by atoms with Crippen LogP contribution in [-0.2, 0) is 9.53 Å². The molecule has 0 amide bonds. The van der Waals surface area contributed by atoms with E-state index in [2.05, 4.69) is 4.99 Å². The van der Waals surface area contributed by atoms with Crippen LogP contribution >= 0.6 is 0 Å². The number of carbonyl (C=O) groups is 1. The monoisotopic (exact) mass is 383 g/mol. The average Bonchev–Trinajstić information content (AvgIpc) is 2.64. The summed E-state index contributed by atoms with van der Waals surface area (Å²) in [6.07, 6.45) is 0.723. The number of aromatic hydroxyl groups is 1. The molecule has 0 bridgehead atoms. The molecule has 0 aliphatic carbocycles. The Morgan fingerprint density at radius 2 is 1.81 bits per heavy atom. The number of phenols is 1. The van der Waals surface area contributed by atoms with Crippen molar-refractivity contribution in [3.63, 3.8) is 0 Å². The van der Waals surface area contributed by atoms with Crippen LogP contribution in [-0.4, -0.2) is 29.0 Å². The predicted molar refractivity (Wildman–Crippen MR) is 88.7 cm³/mol. The van der Waals surface area contributed by atoms with E-state index in [1.807, 2.05) is 0 Å². The summed E-state index contributed by atoms with van der Waals surface area (Å²) in [5, 5.41) is 19.8. The maximum Gasteiger partial charge on any atom is 0.343 e. The van der Waals surface area contributed by atoms with E-state index < -0.39 is 46.1 Å². The molecule has 0 aliphatic heterocycles. The van der Waals surface area contributed by atoms with Crippen molar-refractivity contribution in [3.8, 4) is 5.75 Å². The number of phenolic OH excluding ortho intramolecular Hbond substituents is 1. The highest BCUT2D eigenvalue weighted by Crippen LogP contribution is 2.27. The van der Waals surface area contributed by atoms with Gasteiger partial charge in [0.25, 0.3) is 0 Å². The molecule has 0 saturated carbocycles. The number of carbonyl (C=O) groups excluding carboxylic acids is 1. The fourth-order valence-corrected chi connectivity index (χ4v) is 2.02. The zero-order valence-corrected chi connectivity index (χ0v) is 13.8. The number of aliphatic hydroxyl groups is 1. The third-order valence-electron chi connectivity index (χ3n) is 3.32. The van der Waals surface area contributed by atoms with Gasteiger partial charge in [0.1, 0.15) is 22.8 Å². The number of esters is 1. The van der Waals surface area contributed by atoms with Crippen LogP contribution in [0.3, 0.4) is 0 Å². The van der Waals surface area contributed by atoms with Crippen LogP contribution in [0.1, 0.15) is 12.5 Å². The van der Waals surface area contributed by atoms with E-state index in [0.29, 0.717) is 0 Å². The number of ether oxygens (including phenoxy) is 1. The van der Waals surface area contributed by atoms with Crippen LogP contribution in [0.4, 0.5) is 23.2 Å². The van der Waals surface area contributed by atoms with Gasteiger partial charge in [-0.3, -0.25) is 4.99 Å². The lowest BCUT2D eigenvalue weighted by Crippen LogP contribution is -2.12. The van der Waals surface area contributed by atoms with Gasteiger partial charge >= 0.3 is 5.97 Å². The van der Waals surface area contributed by atoms with Gasteiger partial charge < -0.3 is 14.9 Å². The number of halogens is 4. The zero-order valence-electron chi connectivity index (χ0n) is 13.8. The molecular weight excluding hydrogens is 370 g/mol. The van der Waals surface area contributed by atoms with Gasteiger partial charge in [0, 0.05) is 6.21 Å². The van der Waals surface area contributed by atoms with Gasteiger partial charge in [-0.25, -0.2) is 22.4 Å². The van der Waals surface area contributed by atoms with E-state index in [-0.39, 0.29) is 24.1 Å². The molecule has 0 aliphatic rings. The third-order valence-corrected chi connectivity index (χ3v) is 3.32. The molecule has 5 nitrogen and oxygen atoms in total. The van der Waals surface area contributed by atoms with Crippen molar-refractivity contribution >= 4 is 23.6 Å². The topological polar surface area (TPSA) is 79.1 Å². The maximum absolute atomic E-state index is 13.9. The Hall–Kier alpha value is -3.36. The van der Waals surface area contributed by atoms with Crippen LogP contribution in [0, 0.1) is 23.3 Å². The van der Waals surface area contributed by atoms with Crippen molar-refractivity contribution in [2.45, 2.75) is 6.92 Å². The predicted octanol–water partition coefficient (Wildman–Crippen LogP) is 4.18. The summed E-state index contributed by atoms with van der Waals surface area (Å²) in [6.45, 7) is 1.32. The lowest BCUT2D eigenvalue weighted by molar-refractivity contribution is -0.137. The van der Waals surface area contributed by atoms with Crippen molar-refractivity contribution in [1.82, 2.24) is 0 Å². The number of hydrogen-bond donors (Lipinski definition) is 2. The van der Waals surface area contributed by atoms with Gasteiger partial charge in [-0.15, -0.1) is 0 Å². The fourth-order valence-electron chi connectivity index (χ4n) is 2.02. The summed E-state index contributed by atoms with van der Waals surface area (Å²) in [5.74, 6) is -10.6. The summed E-state index contributed by atoms with van der Waals surface area (Å²) in [6, 6.07) is 5.88. The molecule has 9 heteroatoms. The molecule has 2 aromatic rings. The highest BCUT2D eigenvalue weighted by molar-refractivity contribution is 6.15. The van der Waals surface area contributed by atoms with Gasteiger partial charge in [-0.2, -0.15) is 0 Å². The first-order valence-electron chi connectivity index (χ1n) is 7.53. The number of hydrogen-bond acceptors (Lipinski definition) is 5. The van der Waals surface area contributed by atoms with Crippen molar-refractivity contribution < 1.29 is 37.3 Å². The van der Waals surface area contributed by atoms with E-state index in [1.165, 1.54) is 31.2 Å². The van der Waals surface area contributed by atoms with Gasteiger partial charge in [0.2, 0.25) is 0 Å². The number of aliphatic imine (C=N–C) groups is 1. The van der Waals surface area contributed by atoms with E-state index in [4.69, 9.17) is 4.74 Å². The first kappa shape index (κ1) is 20.0. The smallest absolute Gasteiger partial charge is 0.343 e. The van der Waals surface area contributed by atoms with Gasteiger partial charge in [0.15, 0.2) is 23.3 Å². The SMILES string of the molecule is CCOC(=O)/C(C=Nc1ccccc1O)=C(\O)c1cc(F)c(F)c(F)c1F. The van der Waals surface area contributed by atoms with Gasteiger partial charge in [-0.05, 0) is 25.1 Å². The Kier molecular flexibility index (Phi) is 6.17. The first-order valence-corrected chi connectivity index (χ1v) is 7.53. The molecule has 27 heavy (non-hydrogen) atoms. The van der Waals surface area contributed by atoms with Crippen LogP contribution in [0.2, 0.25) is 0 Å². The molecule has 2 rings (SSSR count). The molecule has 0 atom stereocenters. The normalized spacial score (nSPS) is 12.2. The molecule has 0 spiro atoms. The molecule has 2 aromatic carbocycles. The van der Waals surface area contributed by atoms with Crippen LogP contribution < -0.4 is 0 Å². The van der Waals surface area contributed by atoms with Crippen LogP contribution in [0.5, 0.6) is 5.75 Å². The number of benzene rings is 2. The molecular formula is C18H13F4NO4. The highest BCUT2D eigenvalue weighted by atomic mass is 19.2. The fraction of sp³-hybridized carbons (Fsp3) is 0.111. The van der Waals surface area contributed by atoms with E-state index in [9.17, 15) is 32.6 Å². The van der Waals surface area contributed by atoms with E-state index in [1.54, 1.807) is 0 Å². The Labute approximate surface area is 150 Å². The van der Waals surface area contributed by atoms with Gasteiger partial charge in [-0.1, -0.05) is 12.1 Å². The quantitative estimate of drug-likeness (QED) is 0.154. The van der Waals surface area contributed by atoms with Crippen molar-refractivity contribution in [1.29, 1.82) is 0 Å².